The first-order valence-electron chi connectivity index (χ1n) is 11.2. The minimum atomic E-state index is -0.128. The van der Waals surface area contributed by atoms with Gasteiger partial charge >= 0.3 is 0 Å². The number of aryl methyl sites for hydroxylation is 2. The number of thioether (sulfide) groups is 1. The highest BCUT2D eigenvalue weighted by Gasteiger charge is 2.23. The average molecular weight is 496 g/mol. The van der Waals surface area contributed by atoms with E-state index in [9.17, 15) is 9.59 Å². The molecule has 1 aromatic carbocycles. The van der Waals surface area contributed by atoms with Crippen molar-refractivity contribution >= 4 is 39.2 Å². The highest BCUT2D eigenvalue weighted by molar-refractivity contribution is 7.99. The van der Waals surface area contributed by atoms with Crippen molar-refractivity contribution in [2.45, 2.75) is 43.9 Å². The van der Waals surface area contributed by atoms with Gasteiger partial charge < -0.3 is 14.5 Å². The second-order valence-electron chi connectivity index (χ2n) is 8.17. The molecule has 9 heteroatoms. The maximum Gasteiger partial charge on any atom is 0.263 e. The van der Waals surface area contributed by atoms with E-state index in [4.69, 9.17) is 14.1 Å². The normalized spacial score (nSPS) is 13.1. The van der Waals surface area contributed by atoms with Crippen molar-refractivity contribution in [3.63, 3.8) is 0 Å². The summed E-state index contributed by atoms with van der Waals surface area (Å²) in [6, 6.07) is 11.2. The Hall–Kier alpha value is -3.04. The van der Waals surface area contributed by atoms with E-state index in [-0.39, 0.29) is 23.8 Å². The average Bonchev–Trinajstić information content (AvgIpc) is 3.51. The molecule has 176 valence electrons. The van der Waals surface area contributed by atoms with Crippen molar-refractivity contribution in [1.82, 2.24) is 14.9 Å². The van der Waals surface area contributed by atoms with Gasteiger partial charge in [-0.05, 0) is 61.1 Å². The summed E-state index contributed by atoms with van der Waals surface area (Å²) >= 11 is 2.89. The van der Waals surface area contributed by atoms with Gasteiger partial charge in [-0.3, -0.25) is 14.2 Å². The number of thiophene rings is 1. The van der Waals surface area contributed by atoms with E-state index in [0.29, 0.717) is 17.5 Å². The van der Waals surface area contributed by atoms with Gasteiger partial charge in [-0.15, -0.1) is 11.3 Å². The molecule has 0 saturated carbocycles. The number of amides is 1. The summed E-state index contributed by atoms with van der Waals surface area (Å²) in [5, 5.41) is 4.20. The summed E-state index contributed by atoms with van der Waals surface area (Å²) < 4.78 is 12.4. The SMILES string of the molecule is COc1cccc(CNC(=O)CSc2nc3sc4c(c3c(=O)n2Cc2ccco2)CCCC4)c1. The molecule has 7 nitrogen and oxygen atoms in total. The second kappa shape index (κ2) is 10.1. The highest BCUT2D eigenvalue weighted by atomic mass is 32.2. The summed E-state index contributed by atoms with van der Waals surface area (Å²) in [5.74, 6) is 1.46. The van der Waals surface area contributed by atoms with E-state index in [2.05, 4.69) is 5.32 Å². The standard InChI is InChI=1S/C25H25N3O4S2/c1-31-17-7-4-6-16(12-17)13-26-21(29)15-33-25-27-23-22(19-9-2-3-10-20(19)34-23)24(30)28(25)14-18-8-5-11-32-18/h4-8,11-12H,2-3,9-10,13-15H2,1H3,(H,26,29). The molecule has 0 radical (unpaired) electrons. The lowest BCUT2D eigenvalue weighted by Crippen LogP contribution is -2.27. The Morgan fingerprint density at radius 3 is 2.97 bits per heavy atom. The zero-order valence-corrected chi connectivity index (χ0v) is 20.5. The molecule has 0 spiro atoms. The van der Waals surface area contributed by atoms with Crippen molar-refractivity contribution in [1.29, 1.82) is 0 Å². The van der Waals surface area contributed by atoms with Crippen LogP contribution < -0.4 is 15.6 Å². The first kappa shape index (κ1) is 22.7. The first-order valence-corrected chi connectivity index (χ1v) is 13.0. The number of nitrogens with one attached hydrogen (secondary N) is 1. The van der Waals surface area contributed by atoms with E-state index in [1.807, 2.05) is 30.3 Å². The van der Waals surface area contributed by atoms with Gasteiger partial charge in [0, 0.05) is 11.4 Å². The van der Waals surface area contributed by atoms with Crippen LogP contribution in [0.25, 0.3) is 10.2 Å². The Balaban J connectivity index is 1.38. The molecule has 1 aliphatic rings. The van der Waals surface area contributed by atoms with Crippen molar-refractivity contribution in [2.24, 2.45) is 0 Å². The molecule has 1 amide bonds. The van der Waals surface area contributed by atoms with Gasteiger partial charge in [0.1, 0.15) is 16.3 Å². The molecule has 3 aromatic heterocycles. The minimum absolute atomic E-state index is 0.0555. The fourth-order valence-electron chi connectivity index (χ4n) is 4.19. The number of methoxy groups -OCH3 is 1. The molecule has 0 unspecified atom stereocenters. The predicted octanol–water partition coefficient (Wildman–Crippen LogP) is 4.40. The van der Waals surface area contributed by atoms with Gasteiger partial charge in [-0.1, -0.05) is 23.9 Å². The fourth-order valence-corrected chi connectivity index (χ4v) is 6.32. The number of rotatable bonds is 8. The third kappa shape index (κ3) is 4.76. The third-order valence-electron chi connectivity index (χ3n) is 5.89. The summed E-state index contributed by atoms with van der Waals surface area (Å²) in [4.78, 5) is 33.1. The highest BCUT2D eigenvalue weighted by Crippen LogP contribution is 2.34. The summed E-state index contributed by atoms with van der Waals surface area (Å²) in [6.07, 6.45) is 5.77. The van der Waals surface area contributed by atoms with E-state index < -0.39 is 0 Å². The zero-order valence-electron chi connectivity index (χ0n) is 18.8. The number of carbonyl (C=O) groups is 1. The monoisotopic (exact) mass is 495 g/mol. The van der Waals surface area contributed by atoms with Gasteiger partial charge in [0.15, 0.2) is 5.16 Å². The van der Waals surface area contributed by atoms with Crippen LogP contribution in [0.3, 0.4) is 0 Å². The van der Waals surface area contributed by atoms with Crippen molar-refractivity contribution < 1.29 is 13.9 Å². The molecule has 1 aliphatic carbocycles. The Morgan fingerprint density at radius 2 is 2.15 bits per heavy atom. The molecule has 3 heterocycles. The van der Waals surface area contributed by atoms with Crippen molar-refractivity contribution in [3.05, 3.63) is 74.8 Å². The maximum absolute atomic E-state index is 13.6. The summed E-state index contributed by atoms with van der Waals surface area (Å²) in [6.45, 7) is 0.688. The van der Waals surface area contributed by atoms with Crippen LogP contribution >= 0.6 is 23.1 Å². The fraction of sp³-hybridized carbons (Fsp3) is 0.320. The van der Waals surface area contributed by atoms with Crippen LogP contribution in [0.2, 0.25) is 0 Å². The van der Waals surface area contributed by atoms with Crippen molar-refractivity contribution in [2.75, 3.05) is 12.9 Å². The quantitative estimate of drug-likeness (QED) is 0.288. The topological polar surface area (TPSA) is 86.4 Å². The Labute approximate surface area is 205 Å². The Morgan fingerprint density at radius 1 is 1.26 bits per heavy atom. The molecule has 0 saturated heterocycles. The lowest BCUT2D eigenvalue weighted by Gasteiger charge is -2.13. The largest absolute Gasteiger partial charge is 0.497 e. The van der Waals surface area contributed by atoms with Gasteiger partial charge in [-0.25, -0.2) is 4.98 Å². The number of hydrogen-bond acceptors (Lipinski definition) is 7. The number of carbonyl (C=O) groups excluding carboxylic acids is 1. The smallest absolute Gasteiger partial charge is 0.263 e. The molecule has 0 aliphatic heterocycles. The Kier molecular flexibility index (Phi) is 6.73. The lowest BCUT2D eigenvalue weighted by atomic mass is 9.97. The van der Waals surface area contributed by atoms with Crippen LogP contribution in [0.5, 0.6) is 5.75 Å². The van der Waals surface area contributed by atoms with Crippen LogP contribution in [0.1, 0.15) is 34.6 Å². The van der Waals surface area contributed by atoms with Gasteiger partial charge in [0.05, 0.1) is 31.1 Å². The van der Waals surface area contributed by atoms with E-state index in [1.54, 1.807) is 35.3 Å². The number of aromatic nitrogens is 2. The molecule has 34 heavy (non-hydrogen) atoms. The molecular weight excluding hydrogens is 470 g/mol. The van der Waals surface area contributed by atoms with Crippen LogP contribution in [0.15, 0.2) is 57.0 Å². The number of ether oxygens (including phenoxy) is 1. The summed E-state index contributed by atoms with van der Waals surface area (Å²) in [5.41, 5.74) is 2.06. The number of hydrogen-bond donors (Lipinski definition) is 1. The lowest BCUT2D eigenvalue weighted by molar-refractivity contribution is -0.118. The molecule has 0 fully saturated rings. The molecule has 0 atom stereocenters. The number of nitrogens with zero attached hydrogens (tertiary/aromatic N) is 2. The molecule has 4 aromatic rings. The minimum Gasteiger partial charge on any atom is -0.497 e. The van der Waals surface area contributed by atoms with Gasteiger partial charge in [0.25, 0.3) is 5.56 Å². The molecule has 0 bridgehead atoms. The van der Waals surface area contributed by atoms with Crippen LogP contribution in [0.4, 0.5) is 0 Å². The predicted molar refractivity (Wildman–Crippen MR) is 134 cm³/mol. The van der Waals surface area contributed by atoms with Crippen LogP contribution in [0, 0.1) is 0 Å². The van der Waals surface area contributed by atoms with E-state index >= 15 is 0 Å². The number of benzene rings is 1. The Bertz CT molecular complexity index is 1380. The summed E-state index contributed by atoms with van der Waals surface area (Å²) in [7, 11) is 1.62. The van der Waals surface area contributed by atoms with Gasteiger partial charge in [-0.2, -0.15) is 0 Å². The first-order chi connectivity index (χ1) is 16.6. The van der Waals surface area contributed by atoms with E-state index in [0.717, 1.165) is 52.8 Å². The maximum atomic E-state index is 13.6. The molecule has 1 N–H and O–H groups in total. The third-order valence-corrected chi connectivity index (χ3v) is 8.05. The second-order valence-corrected chi connectivity index (χ2v) is 10.2. The van der Waals surface area contributed by atoms with Crippen LogP contribution in [-0.4, -0.2) is 28.3 Å². The number of furan rings is 1. The zero-order chi connectivity index (χ0) is 23.5. The van der Waals surface area contributed by atoms with Crippen LogP contribution in [-0.2, 0) is 30.7 Å². The molecular formula is C25H25N3O4S2. The van der Waals surface area contributed by atoms with Crippen molar-refractivity contribution in [3.8, 4) is 5.75 Å². The number of fused-ring (bicyclic) bond motifs is 3. The van der Waals surface area contributed by atoms with Gasteiger partial charge in [0.2, 0.25) is 5.91 Å². The molecule has 5 rings (SSSR count). The van der Waals surface area contributed by atoms with E-state index in [1.165, 1.54) is 16.6 Å².